The monoisotopic (exact) mass is 464 g/mol. The quantitative estimate of drug-likeness (QED) is 0.335. The van der Waals surface area contributed by atoms with Gasteiger partial charge in [-0.25, -0.2) is 0 Å². The third-order valence-electron chi connectivity index (χ3n) is 4.92. The molecule has 0 unspecified atom stereocenters. The highest BCUT2D eigenvalue weighted by Gasteiger charge is 2.32. The van der Waals surface area contributed by atoms with Crippen LogP contribution < -0.4 is 10.3 Å². The van der Waals surface area contributed by atoms with Gasteiger partial charge in [0.25, 0.3) is 5.56 Å². The van der Waals surface area contributed by atoms with Gasteiger partial charge in [-0.15, -0.1) is 13.2 Å². The Morgan fingerprint density at radius 3 is 2.06 bits per heavy atom. The van der Waals surface area contributed by atoms with Crippen molar-refractivity contribution < 1.29 is 31.1 Å². The van der Waals surface area contributed by atoms with Gasteiger partial charge in [-0.1, -0.05) is 18.2 Å². The number of alkyl halides is 6. The SMILES string of the molecule is Cc1cc(-c2nn(-c3ccc(C(F)(F)F)cc3)c(=O)c3ccccc23)ccc1OC(F)(F)F. The lowest BCUT2D eigenvalue weighted by atomic mass is 10.0. The average molecular weight is 464 g/mol. The van der Waals surface area contributed by atoms with Gasteiger partial charge < -0.3 is 4.74 Å². The fraction of sp³-hybridized carbons (Fsp3) is 0.130. The Bertz CT molecular complexity index is 1390. The molecule has 0 aliphatic rings. The van der Waals surface area contributed by atoms with Crippen LogP contribution in [0, 0.1) is 6.92 Å². The maximum Gasteiger partial charge on any atom is 0.573 e. The van der Waals surface area contributed by atoms with E-state index in [4.69, 9.17) is 0 Å². The molecule has 1 heterocycles. The molecule has 0 atom stereocenters. The van der Waals surface area contributed by atoms with E-state index in [0.29, 0.717) is 10.9 Å². The van der Waals surface area contributed by atoms with Crippen LogP contribution in [0.4, 0.5) is 26.3 Å². The van der Waals surface area contributed by atoms with Crippen molar-refractivity contribution in [2.24, 2.45) is 0 Å². The zero-order chi connectivity index (χ0) is 24.0. The first-order valence-corrected chi connectivity index (χ1v) is 9.50. The van der Waals surface area contributed by atoms with Crippen molar-refractivity contribution in [1.82, 2.24) is 9.78 Å². The van der Waals surface area contributed by atoms with E-state index in [-0.39, 0.29) is 28.1 Å². The van der Waals surface area contributed by atoms with Gasteiger partial charge in [-0.2, -0.15) is 23.0 Å². The molecular weight excluding hydrogens is 450 g/mol. The minimum atomic E-state index is -4.85. The number of benzene rings is 3. The van der Waals surface area contributed by atoms with Gasteiger partial charge in [0.1, 0.15) is 5.75 Å². The van der Waals surface area contributed by atoms with Crippen LogP contribution in [0.2, 0.25) is 0 Å². The first kappa shape index (κ1) is 22.4. The van der Waals surface area contributed by atoms with Gasteiger partial charge >= 0.3 is 12.5 Å². The van der Waals surface area contributed by atoms with Crippen LogP contribution in [0.1, 0.15) is 11.1 Å². The first-order chi connectivity index (χ1) is 15.4. The van der Waals surface area contributed by atoms with Crippen molar-refractivity contribution >= 4 is 10.8 Å². The second-order valence-corrected chi connectivity index (χ2v) is 7.18. The molecule has 4 nitrogen and oxygen atoms in total. The molecule has 0 radical (unpaired) electrons. The summed E-state index contributed by atoms with van der Waals surface area (Å²) in [6.45, 7) is 1.43. The first-order valence-electron chi connectivity index (χ1n) is 9.50. The summed E-state index contributed by atoms with van der Waals surface area (Å²) in [5, 5.41) is 5.02. The van der Waals surface area contributed by atoms with Crippen LogP contribution in [0.5, 0.6) is 5.75 Å². The molecule has 10 heteroatoms. The molecule has 1 aromatic heterocycles. The van der Waals surface area contributed by atoms with Crippen LogP contribution in [-0.4, -0.2) is 16.1 Å². The summed E-state index contributed by atoms with van der Waals surface area (Å²) in [5.41, 5.74) is -0.471. The molecule has 4 aromatic rings. The third kappa shape index (κ3) is 4.55. The van der Waals surface area contributed by atoms with Gasteiger partial charge in [-0.05, 0) is 61.0 Å². The molecule has 3 aromatic carbocycles. The number of rotatable bonds is 3. The van der Waals surface area contributed by atoms with Gasteiger partial charge in [0.05, 0.1) is 22.3 Å². The van der Waals surface area contributed by atoms with Crippen LogP contribution in [0.25, 0.3) is 27.7 Å². The second kappa shape index (κ2) is 7.95. The van der Waals surface area contributed by atoms with Crippen LogP contribution in [0.15, 0.2) is 71.5 Å². The summed E-state index contributed by atoms with van der Waals surface area (Å²) >= 11 is 0. The molecule has 0 saturated heterocycles. The number of halogens is 6. The second-order valence-electron chi connectivity index (χ2n) is 7.18. The fourth-order valence-corrected chi connectivity index (χ4v) is 3.41. The van der Waals surface area contributed by atoms with E-state index < -0.39 is 23.7 Å². The van der Waals surface area contributed by atoms with E-state index in [0.717, 1.165) is 35.0 Å². The predicted octanol–water partition coefficient (Wildman–Crippen LogP) is 6.28. The maximum atomic E-state index is 13.0. The van der Waals surface area contributed by atoms with E-state index in [1.54, 1.807) is 18.2 Å². The van der Waals surface area contributed by atoms with E-state index in [1.165, 1.54) is 25.1 Å². The predicted molar refractivity (Wildman–Crippen MR) is 109 cm³/mol. The van der Waals surface area contributed by atoms with Crippen molar-refractivity contribution in [1.29, 1.82) is 0 Å². The number of aromatic nitrogens is 2. The molecule has 4 rings (SSSR count). The summed E-state index contributed by atoms with van der Waals surface area (Å²) in [7, 11) is 0. The highest BCUT2D eigenvalue weighted by molar-refractivity contribution is 5.94. The summed E-state index contributed by atoms with van der Waals surface area (Å²) in [6.07, 6.45) is -9.39. The maximum absolute atomic E-state index is 13.0. The highest BCUT2D eigenvalue weighted by Crippen LogP contribution is 2.33. The summed E-state index contributed by atoms with van der Waals surface area (Å²) in [5.74, 6) is -0.383. The van der Waals surface area contributed by atoms with Crippen molar-refractivity contribution in [3.05, 3.63) is 88.2 Å². The van der Waals surface area contributed by atoms with Crippen molar-refractivity contribution in [2.45, 2.75) is 19.5 Å². The Morgan fingerprint density at radius 1 is 0.848 bits per heavy atom. The smallest absolute Gasteiger partial charge is 0.406 e. The highest BCUT2D eigenvalue weighted by atomic mass is 19.4. The van der Waals surface area contributed by atoms with Crippen LogP contribution >= 0.6 is 0 Å². The van der Waals surface area contributed by atoms with Crippen LogP contribution in [-0.2, 0) is 6.18 Å². The summed E-state index contributed by atoms with van der Waals surface area (Å²) < 4.78 is 81.5. The number of aryl methyl sites for hydroxylation is 1. The van der Waals surface area contributed by atoms with Crippen molar-refractivity contribution in [3.8, 4) is 22.7 Å². The standard InChI is InChI=1S/C23H14F6N2O2/c1-13-12-14(6-11-19(13)33-23(27,28)29)20-17-4-2-3-5-18(17)21(32)31(30-20)16-9-7-15(8-10-16)22(24,25)26/h2-12H,1H3. The molecule has 0 amide bonds. The molecule has 0 fully saturated rings. The minimum Gasteiger partial charge on any atom is -0.406 e. The topological polar surface area (TPSA) is 44.1 Å². The van der Waals surface area contributed by atoms with Crippen LogP contribution in [0.3, 0.4) is 0 Å². The third-order valence-corrected chi connectivity index (χ3v) is 4.92. The molecule has 0 aliphatic heterocycles. The number of hydrogen-bond donors (Lipinski definition) is 0. The van der Waals surface area contributed by atoms with E-state index in [9.17, 15) is 31.1 Å². The Labute approximate surface area is 182 Å². The van der Waals surface area contributed by atoms with E-state index in [1.807, 2.05) is 0 Å². The number of nitrogens with zero attached hydrogens (tertiary/aromatic N) is 2. The molecule has 0 saturated carbocycles. The van der Waals surface area contributed by atoms with E-state index in [2.05, 4.69) is 9.84 Å². The molecule has 33 heavy (non-hydrogen) atoms. The number of fused-ring (bicyclic) bond motifs is 1. The summed E-state index contributed by atoms with van der Waals surface area (Å²) in [6, 6.07) is 14.3. The zero-order valence-electron chi connectivity index (χ0n) is 16.8. The van der Waals surface area contributed by atoms with Crippen molar-refractivity contribution in [2.75, 3.05) is 0 Å². The van der Waals surface area contributed by atoms with Gasteiger partial charge in [-0.3, -0.25) is 4.79 Å². The van der Waals surface area contributed by atoms with Gasteiger partial charge in [0.15, 0.2) is 0 Å². The van der Waals surface area contributed by atoms with Crippen molar-refractivity contribution in [3.63, 3.8) is 0 Å². The lowest BCUT2D eigenvalue weighted by molar-refractivity contribution is -0.274. The molecule has 0 spiro atoms. The number of hydrogen-bond acceptors (Lipinski definition) is 3. The Balaban J connectivity index is 1.89. The van der Waals surface area contributed by atoms with Gasteiger partial charge in [0, 0.05) is 10.9 Å². The Kier molecular flexibility index (Phi) is 5.39. The Morgan fingerprint density at radius 2 is 1.48 bits per heavy atom. The number of ether oxygens (including phenoxy) is 1. The minimum absolute atomic E-state index is 0.105. The normalized spacial score (nSPS) is 12.2. The fourth-order valence-electron chi connectivity index (χ4n) is 3.41. The average Bonchev–Trinajstić information content (AvgIpc) is 2.74. The lowest BCUT2D eigenvalue weighted by Gasteiger charge is -2.15. The molecule has 0 aliphatic carbocycles. The molecule has 0 N–H and O–H groups in total. The molecular formula is C23H14F6N2O2. The molecule has 170 valence electrons. The lowest BCUT2D eigenvalue weighted by Crippen LogP contribution is -2.22. The summed E-state index contributed by atoms with van der Waals surface area (Å²) in [4.78, 5) is 13.0. The van der Waals surface area contributed by atoms with Gasteiger partial charge in [0.2, 0.25) is 0 Å². The zero-order valence-corrected chi connectivity index (χ0v) is 16.8. The molecule has 0 bridgehead atoms. The Hall–Kier alpha value is -3.82. The van der Waals surface area contributed by atoms with E-state index >= 15 is 0 Å². The largest absolute Gasteiger partial charge is 0.573 e.